The molecule has 0 aromatic carbocycles. The number of esters is 1. The van der Waals surface area contributed by atoms with Crippen LogP contribution in [-0.2, 0) is 14.3 Å². The summed E-state index contributed by atoms with van der Waals surface area (Å²) in [6, 6.07) is -0.129. The molecule has 1 amide bonds. The molecule has 0 unspecified atom stereocenters. The Balaban J connectivity index is 2.76. The molecule has 1 aliphatic heterocycles. The fourth-order valence-corrected chi connectivity index (χ4v) is 2.18. The van der Waals surface area contributed by atoms with Gasteiger partial charge in [0.1, 0.15) is 0 Å². The fraction of sp³-hybridized carbons (Fsp3) is 0.818. The SMILES string of the molecule is CCOC(=O)[C@@H]1CCC(=O)N(N(C)C)[C@@H]1C. The van der Waals surface area contributed by atoms with Gasteiger partial charge in [-0.2, -0.15) is 0 Å². The molecule has 0 bridgehead atoms. The molecule has 1 rings (SSSR count). The lowest BCUT2D eigenvalue weighted by Crippen LogP contribution is -2.55. The van der Waals surface area contributed by atoms with E-state index in [1.165, 1.54) is 0 Å². The second-order valence-electron chi connectivity index (χ2n) is 4.22. The Morgan fingerprint density at radius 2 is 2.19 bits per heavy atom. The van der Waals surface area contributed by atoms with E-state index >= 15 is 0 Å². The van der Waals surface area contributed by atoms with Crippen LogP contribution in [-0.4, -0.2) is 48.6 Å². The molecule has 1 fully saturated rings. The first-order valence-corrected chi connectivity index (χ1v) is 5.65. The third kappa shape index (κ3) is 2.52. The zero-order valence-corrected chi connectivity index (χ0v) is 10.4. The number of ether oxygens (including phenoxy) is 1. The van der Waals surface area contributed by atoms with Crippen molar-refractivity contribution in [3.63, 3.8) is 0 Å². The van der Waals surface area contributed by atoms with Gasteiger partial charge in [-0.15, -0.1) is 0 Å². The van der Waals surface area contributed by atoms with E-state index in [1.807, 2.05) is 21.0 Å². The van der Waals surface area contributed by atoms with Crippen LogP contribution in [0.15, 0.2) is 0 Å². The monoisotopic (exact) mass is 228 g/mol. The number of rotatable bonds is 3. The van der Waals surface area contributed by atoms with Gasteiger partial charge in [0.15, 0.2) is 0 Å². The molecule has 1 aliphatic rings. The minimum Gasteiger partial charge on any atom is -0.466 e. The van der Waals surface area contributed by atoms with Gasteiger partial charge in [0, 0.05) is 20.5 Å². The lowest BCUT2D eigenvalue weighted by Gasteiger charge is -2.41. The minimum atomic E-state index is -0.208. The van der Waals surface area contributed by atoms with Gasteiger partial charge in [0.2, 0.25) is 5.91 Å². The Labute approximate surface area is 96.3 Å². The van der Waals surface area contributed by atoms with Crippen molar-refractivity contribution in [3.8, 4) is 0 Å². The first-order chi connectivity index (χ1) is 7.49. The van der Waals surface area contributed by atoms with Crippen LogP contribution in [0.4, 0.5) is 0 Å². The maximum Gasteiger partial charge on any atom is 0.311 e. The van der Waals surface area contributed by atoms with E-state index in [0.29, 0.717) is 19.4 Å². The second kappa shape index (κ2) is 5.30. The summed E-state index contributed by atoms with van der Waals surface area (Å²) in [5.41, 5.74) is 0. The Hall–Kier alpha value is -1.10. The third-order valence-corrected chi connectivity index (χ3v) is 2.91. The van der Waals surface area contributed by atoms with Gasteiger partial charge in [-0.25, -0.2) is 5.01 Å². The van der Waals surface area contributed by atoms with E-state index in [9.17, 15) is 9.59 Å². The maximum atomic E-state index is 11.7. The number of carbonyl (C=O) groups is 2. The lowest BCUT2D eigenvalue weighted by atomic mass is 9.91. The summed E-state index contributed by atoms with van der Waals surface area (Å²) < 4.78 is 5.02. The van der Waals surface area contributed by atoms with Crippen LogP contribution in [0.5, 0.6) is 0 Å². The van der Waals surface area contributed by atoms with E-state index in [2.05, 4.69) is 0 Å². The van der Waals surface area contributed by atoms with Gasteiger partial charge >= 0.3 is 5.97 Å². The van der Waals surface area contributed by atoms with Crippen LogP contribution >= 0.6 is 0 Å². The highest BCUT2D eigenvalue weighted by atomic mass is 16.5. The molecule has 1 heterocycles. The Bertz CT molecular complexity index is 278. The van der Waals surface area contributed by atoms with E-state index in [1.54, 1.807) is 16.9 Å². The van der Waals surface area contributed by atoms with Gasteiger partial charge in [-0.05, 0) is 20.3 Å². The van der Waals surface area contributed by atoms with Crippen LogP contribution < -0.4 is 0 Å². The Kier molecular flexibility index (Phi) is 4.29. The highest BCUT2D eigenvalue weighted by Gasteiger charge is 2.38. The molecule has 16 heavy (non-hydrogen) atoms. The largest absolute Gasteiger partial charge is 0.466 e. The normalized spacial score (nSPS) is 26.1. The molecule has 5 heteroatoms. The first-order valence-electron chi connectivity index (χ1n) is 5.65. The summed E-state index contributed by atoms with van der Waals surface area (Å²) >= 11 is 0. The molecule has 0 aromatic rings. The third-order valence-electron chi connectivity index (χ3n) is 2.91. The van der Waals surface area contributed by atoms with Crippen molar-refractivity contribution in [1.82, 2.24) is 10.0 Å². The maximum absolute atomic E-state index is 11.7. The zero-order valence-electron chi connectivity index (χ0n) is 10.4. The van der Waals surface area contributed by atoms with Crippen LogP contribution in [0, 0.1) is 5.92 Å². The first kappa shape index (κ1) is 13.0. The summed E-state index contributed by atoms with van der Waals surface area (Å²) in [6.45, 7) is 4.07. The number of hydrogen-bond acceptors (Lipinski definition) is 4. The van der Waals surface area contributed by atoms with Crippen molar-refractivity contribution in [2.45, 2.75) is 32.7 Å². The molecule has 0 radical (unpaired) electrons. The summed E-state index contributed by atoms with van der Waals surface area (Å²) in [7, 11) is 3.61. The van der Waals surface area contributed by atoms with Crippen molar-refractivity contribution < 1.29 is 14.3 Å². The van der Waals surface area contributed by atoms with E-state index in [-0.39, 0.29) is 23.8 Å². The lowest BCUT2D eigenvalue weighted by molar-refractivity contribution is -0.167. The molecule has 0 aliphatic carbocycles. The zero-order chi connectivity index (χ0) is 12.3. The van der Waals surface area contributed by atoms with Gasteiger partial charge < -0.3 is 4.74 Å². The van der Waals surface area contributed by atoms with Gasteiger partial charge in [-0.3, -0.25) is 14.6 Å². The van der Waals surface area contributed by atoms with E-state index in [4.69, 9.17) is 4.74 Å². The topological polar surface area (TPSA) is 49.9 Å². The molecule has 0 saturated carbocycles. The molecular weight excluding hydrogens is 208 g/mol. The van der Waals surface area contributed by atoms with Gasteiger partial charge in [0.05, 0.1) is 18.6 Å². The van der Waals surface area contributed by atoms with Gasteiger partial charge in [-0.1, -0.05) is 0 Å². The van der Waals surface area contributed by atoms with Crippen LogP contribution in [0.25, 0.3) is 0 Å². The number of carbonyl (C=O) groups excluding carboxylic acids is 2. The summed E-state index contributed by atoms with van der Waals surface area (Å²) in [4.78, 5) is 23.4. The summed E-state index contributed by atoms with van der Waals surface area (Å²) in [5.74, 6) is -0.340. The Morgan fingerprint density at radius 1 is 1.56 bits per heavy atom. The number of amides is 1. The van der Waals surface area contributed by atoms with Crippen LogP contribution in [0.1, 0.15) is 26.7 Å². The molecule has 5 nitrogen and oxygen atoms in total. The van der Waals surface area contributed by atoms with Crippen molar-refractivity contribution in [3.05, 3.63) is 0 Å². The fourth-order valence-electron chi connectivity index (χ4n) is 2.18. The molecule has 0 spiro atoms. The van der Waals surface area contributed by atoms with E-state index in [0.717, 1.165) is 0 Å². The molecule has 1 saturated heterocycles. The smallest absolute Gasteiger partial charge is 0.311 e. The highest BCUT2D eigenvalue weighted by molar-refractivity contribution is 5.81. The van der Waals surface area contributed by atoms with Crippen molar-refractivity contribution in [2.24, 2.45) is 5.92 Å². The summed E-state index contributed by atoms with van der Waals surface area (Å²) in [5, 5.41) is 3.36. The standard InChI is InChI=1S/C11H20N2O3/c1-5-16-11(15)9-6-7-10(14)13(8(9)2)12(3)4/h8-9H,5-7H2,1-4H3/t8-,9-/m1/s1. The number of piperidine rings is 1. The van der Waals surface area contributed by atoms with Crippen LogP contribution in [0.3, 0.4) is 0 Å². The molecule has 92 valence electrons. The van der Waals surface area contributed by atoms with Crippen LogP contribution in [0.2, 0.25) is 0 Å². The molecule has 0 N–H and O–H groups in total. The average molecular weight is 228 g/mol. The molecule has 2 atom stereocenters. The number of hydrogen-bond donors (Lipinski definition) is 0. The van der Waals surface area contributed by atoms with Crippen molar-refractivity contribution in [2.75, 3.05) is 20.7 Å². The minimum absolute atomic E-state index is 0.0676. The molecular formula is C11H20N2O3. The Morgan fingerprint density at radius 3 is 2.69 bits per heavy atom. The van der Waals surface area contributed by atoms with Crippen molar-refractivity contribution >= 4 is 11.9 Å². The highest BCUT2D eigenvalue weighted by Crippen LogP contribution is 2.26. The number of nitrogens with zero attached hydrogens (tertiary/aromatic N) is 2. The second-order valence-corrected chi connectivity index (χ2v) is 4.22. The quantitative estimate of drug-likeness (QED) is 0.666. The van der Waals surface area contributed by atoms with Gasteiger partial charge in [0.25, 0.3) is 0 Å². The number of hydrazine groups is 1. The van der Waals surface area contributed by atoms with E-state index < -0.39 is 0 Å². The predicted molar refractivity (Wildman–Crippen MR) is 59.4 cm³/mol. The van der Waals surface area contributed by atoms with Crippen molar-refractivity contribution in [1.29, 1.82) is 0 Å². The predicted octanol–water partition coefficient (Wildman–Crippen LogP) is 0.653. The summed E-state index contributed by atoms with van der Waals surface area (Å²) in [6.07, 6.45) is 0.995. The average Bonchev–Trinajstić information content (AvgIpc) is 2.17. The molecule has 0 aromatic heterocycles.